The number of carbonyl (C=O) groups is 3. The second kappa shape index (κ2) is 12.0. The zero-order valence-electron chi connectivity index (χ0n) is 26.6. The molecule has 0 aliphatic heterocycles. The molecule has 0 aromatic heterocycles. The van der Waals surface area contributed by atoms with E-state index in [9.17, 15) is 19.5 Å². The molecule has 3 aliphatic carbocycles. The molecule has 7 heteroatoms. The van der Waals surface area contributed by atoms with E-state index in [2.05, 4.69) is 13.8 Å². The molecule has 3 aliphatic rings. The number of ketones is 1. The van der Waals surface area contributed by atoms with Crippen molar-refractivity contribution in [2.45, 2.75) is 105 Å². The number of aliphatic hydroxyl groups is 1. The predicted molar refractivity (Wildman–Crippen MR) is 159 cm³/mol. The minimum atomic E-state index is -0.973. The van der Waals surface area contributed by atoms with Gasteiger partial charge in [-0.05, 0) is 88.7 Å². The number of hydrogen-bond acceptors (Lipinski definition) is 7. The van der Waals surface area contributed by atoms with Crippen molar-refractivity contribution in [3.63, 3.8) is 0 Å². The molecular weight excluding hydrogens is 520 g/mol. The Morgan fingerprint density at radius 1 is 1.05 bits per heavy atom. The highest BCUT2D eigenvalue weighted by Crippen LogP contribution is 2.69. The Bertz CT molecular complexity index is 1170. The number of rotatable bonds is 8. The SMILES string of the molecule is COC(=O)[C@]1(C)[C@@H]2CC[C@]3(C)\C(=C(C)/C=C/C=C(\C)C(/C=C/C(C)(C)O)OC)C(=O)C[C@@H]3[C@@]2(C)CC[C@H]1OC(C)=O. The summed E-state index contributed by atoms with van der Waals surface area (Å²) in [5.41, 5.74) is 0.316. The second-order valence-corrected chi connectivity index (χ2v) is 13.6. The van der Waals surface area contributed by atoms with Gasteiger partial charge in [0.2, 0.25) is 0 Å². The molecule has 0 saturated heterocycles. The van der Waals surface area contributed by atoms with Crippen molar-refractivity contribution in [2.75, 3.05) is 14.2 Å². The molecule has 7 nitrogen and oxygen atoms in total. The molecule has 0 amide bonds. The maximum Gasteiger partial charge on any atom is 0.315 e. The third kappa shape index (κ3) is 6.17. The summed E-state index contributed by atoms with van der Waals surface area (Å²) < 4.78 is 16.6. The minimum absolute atomic E-state index is 0.0731. The Balaban J connectivity index is 1.95. The molecule has 0 bridgehead atoms. The maximum absolute atomic E-state index is 13.7. The van der Waals surface area contributed by atoms with Crippen LogP contribution < -0.4 is 0 Å². The maximum atomic E-state index is 13.7. The van der Waals surface area contributed by atoms with Gasteiger partial charge < -0.3 is 19.3 Å². The molecule has 3 fully saturated rings. The summed E-state index contributed by atoms with van der Waals surface area (Å²) in [6.45, 7) is 15.1. The van der Waals surface area contributed by atoms with Gasteiger partial charge >= 0.3 is 11.9 Å². The highest BCUT2D eigenvalue weighted by Gasteiger charge is 2.68. The van der Waals surface area contributed by atoms with Crippen molar-refractivity contribution >= 4 is 17.7 Å². The largest absolute Gasteiger partial charge is 0.468 e. The summed E-state index contributed by atoms with van der Waals surface area (Å²) in [5.74, 6) is -0.574. The molecule has 3 saturated carbocycles. The third-order valence-electron chi connectivity index (χ3n) is 10.3. The summed E-state index contributed by atoms with van der Waals surface area (Å²) in [6.07, 6.45) is 12.0. The first-order chi connectivity index (χ1) is 19.0. The summed E-state index contributed by atoms with van der Waals surface area (Å²) in [5, 5.41) is 10.0. The third-order valence-corrected chi connectivity index (χ3v) is 10.3. The first-order valence-electron chi connectivity index (χ1n) is 14.7. The minimum Gasteiger partial charge on any atom is -0.468 e. The van der Waals surface area contributed by atoms with Gasteiger partial charge in [0.1, 0.15) is 11.5 Å². The van der Waals surface area contributed by atoms with Crippen LogP contribution in [0.2, 0.25) is 0 Å². The van der Waals surface area contributed by atoms with E-state index >= 15 is 0 Å². The van der Waals surface area contributed by atoms with Crippen molar-refractivity contribution in [1.29, 1.82) is 0 Å². The summed E-state index contributed by atoms with van der Waals surface area (Å²) in [4.78, 5) is 38.9. The lowest BCUT2D eigenvalue weighted by atomic mass is 9.42. The number of esters is 2. The van der Waals surface area contributed by atoms with Crippen LogP contribution in [0.1, 0.15) is 87.5 Å². The van der Waals surface area contributed by atoms with E-state index in [1.807, 2.05) is 45.1 Å². The molecule has 1 unspecified atom stereocenters. The van der Waals surface area contributed by atoms with Crippen molar-refractivity contribution < 1.29 is 33.7 Å². The van der Waals surface area contributed by atoms with Gasteiger partial charge in [0.05, 0.1) is 18.8 Å². The number of ether oxygens (including phenoxy) is 3. The van der Waals surface area contributed by atoms with Crippen LogP contribution in [-0.2, 0) is 28.6 Å². The summed E-state index contributed by atoms with van der Waals surface area (Å²) >= 11 is 0. The fourth-order valence-electron chi connectivity index (χ4n) is 8.39. The molecule has 41 heavy (non-hydrogen) atoms. The number of allylic oxidation sites excluding steroid dienone is 5. The van der Waals surface area contributed by atoms with Gasteiger partial charge in [-0.3, -0.25) is 14.4 Å². The van der Waals surface area contributed by atoms with Gasteiger partial charge in [0.25, 0.3) is 0 Å². The van der Waals surface area contributed by atoms with E-state index in [0.717, 1.165) is 36.0 Å². The van der Waals surface area contributed by atoms with Crippen LogP contribution in [0.25, 0.3) is 0 Å². The van der Waals surface area contributed by atoms with Crippen LogP contribution in [0, 0.1) is 28.1 Å². The first kappa shape index (κ1) is 33.0. The Kier molecular flexibility index (Phi) is 9.66. The van der Waals surface area contributed by atoms with Gasteiger partial charge in [-0.2, -0.15) is 0 Å². The topological polar surface area (TPSA) is 99.1 Å². The lowest BCUT2D eigenvalue weighted by Gasteiger charge is -2.61. The molecular formula is C34H50O7. The Morgan fingerprint density at radius 3 is 2.27 bits per heavy atom. The molecule has 0 spiro atoms. The molecule has 3 rings (SSSR count). The number of carbonyl (C=O) groups excluding carboxylic acids is 3. The molecule has 7 atom stereocenters. The summed E-state index contributed by atoms with van der Waals surface area (Å²) in [6, 6.07) is 0. The number of hydrogen-bond donors (Lipinski definition) is 1. The Morgan fingerprint density at radius 2 is 1.71 bits per heavy atom. The number of Topliss-reactive ketones (excluding diaryl/α,β-unsaturated/α-hetero) is 1. The van der Waals surface area contributed by atoms with Crippen LogP contribution in [0.5, 0.6) is 0 Å². The average Bonchev–Trinajstić information content (AvgIpc) is 3.15. The van der Waals surface area contributed by atoms with Gasteiger partial charge in [-0.1, -0.05) is 44.2 Å². The molecule has 1 N–H and O–H groups in total. The Hall–Kier alpha value is -2.51. The zero-order valence-corrected chi connectivity index (χ0v) is 26.6. The van der Waals surface area contributed by atoms with Crippen LogP contribution >= 0.6 is 0 Å². The number of methoxy groups -OCH3 is 2. The van der Waals surface area contributed by atoms with Crippen molar-refractivity contribution in [3.8, 4) is 0 Å². The smallest absolute Gasteiger partial charge is 0.315 e. The van der Waals surface area contributed by atoms with Gasteiger partial charge in [-0.15, -0.1) is 0 Å². The molecule has 0 radical (unpaired) electrons. The van der Waals surface area contributed by atoms with E-state index < -0.39 is 23.1 Å². The van der Waals surface area contributed by atoms with Gasteiger partial charge in [-0.25, -0.2) is 0 Å². The lowest BCUT2D eigenvalue weighted by molar-refractivity contribution is -0.206. The number of fused-ring (bicyclic) bond motifs is 3. The lowest BCUT2D eigenvalue weighted by Crippen LogP contribution is -2.62. The van der Waals surface area contributed by atoms with Crippen molar-refractivity contribution in [3.05, 3.63) is 47.1 Å². The quantitative estimate of drug-likeness (QED) is 0.164. The van der Waals surface area contributed by atoms with Crippen molar-refractivity contribution in [2.24, 2.45) is 28.1 Å². The normalized spacial score (nSPS) is 36.2. The fourth-order valence-corrected chi connectivity index (χ4v) is 8.39. The highest BCUT2D eigenvalue weighted by atomic mass is 16.6. The van der Waals surface area contributed by atoms with Gasteiger partial charge in [0.15, 0.2) is 5.78 Å². The molecule has 0 aromatic rings. The van der Waals surface area contributed by atoms with E-state index in [0.29, 0.717) is 12.8 Å². The van der Waals surface area contributed by atoms with E-state index in [-0.39, 0.29) is 40.5 Å². The second-order valence-electron chi connectivity index (χ2n) is 13.6. The van der Waals surface area contributed by atoms with Crippen LogP contribution in [0.3, 0.4) is 0 Å². The standard InChI is InChI=1S/C34H50O7/c1-21(25(39-9)14-17-31(4,5)38)12-11-13-22(2)29-24(36)20-27-32(6)19-16-28(41-23(3)35)34(8,30(37)40-10)26(32)15-18-33(27,29)7/h11-14,17,25-28,38H,15-16,18-20H2,1-10H3/b13-11+,17-14+,21-12+,29-22-/t25?,26-,27-,28-,32+,33+,34-/m1/s1. The van der Waals surface area contributed by atoms with E-state index in [4.69, 9.17) is 14.2 Å². The summed E-state index contributed by atoms with van der Waals surface area (Å²) in [7, 11) is 3.02. The molecule has 228 valence electrons. The molecule has 0 heterocycles. The average molecular weight is 571 g/mol. The fraction of sp³-hybridized carbons (Fsp3) is 0.676. The zero-order chi connectivity index (χ0) is 31.0. The van der Waals surface area contributed by atoms with Crippen LogP contribution in [0.15, 0.2) is 47.1 Å². The van der Waals surface area contributed by atoms with Gasteiger partial charge in [0, 0.05) is 31.4 Å². The highest BCUT2D eigenvalue weighted by molar-refractivity contribution is 6.01. The predicted octanol–water partition coefficient (Wildman–Crippen LogP) is 6.06. The van der Waals surface area contributed by atoms with E-state index in [1.54, 1.807) is 27.0 Å². The van der Waals surface area contributed by atoms with Crippen LogP contribution in [0.4, 0.5) is 0 Å². The van der Waals surface area contributed by atoms with Crippen molar-refractivity contribution in [1.82, 2.24) is 0 Å². The first-order valence-corrected chi connectivity index (χ1v) is 14.7. The molecule has 0 aromatic carbocycles. The Labute approximate surface area is 246 Å². The monoisotopic (exact) mass is 570 g/mol. The van der Waals surface area contributed by atoms with Crippen LogP contribution in [-0.4, -0.2) is 54.9 Å². The van der Waals surface area contributed by atoms with E-state index in [1.165, 1.54) is 14.0 Å².